The van der Waals surface area contributed by atoms with Crippen molar-refractivity contribution in [1.82, 2.24) is 4.90 Å². The zero-order valence-corrected chi connectivity index (χ0v) is 13.2. The lowest BCUT2D eigenvalue weighted by Crippen LogP contribution is -2.21. The zero-order valence-electron chi connectivity index (χ0n) is 12.3. The van der Waals surface area contributed by atoms with Crippen LogP contribution >= 0.6 is 11.3 Å². The van der Waals surface area contributed by atoms with E-state index in [0.717, 1.165) is 16.3 Å². The second-order valence-corrected chi connectivity index (χ2v) is 5.85. The minimum atomic E-state index is -0.0741. The van der Waals surface area contributed by atoms with Crippen LogP contribution in [0.4, 0.5) is 10.7 Å². The van der Waals surface area contributed by atoms with Crippen LogP contribution in [0.3, 0.4) is 0 Å². The van der Waals surface area contributed by atoms with Crippen LogP contribution in [0.5, 0.6) is 5.75 Å². The molecule has 2 aromatic rings. The van der Waals surface area contributed by atoms with Gasteiger partial charge in [-0.15, -0.1) is 11.3 Å². The van der Waals surface area contributed by atoms with Crippen molar-refractivity contribution in [2.75, 3.05) is 32.3 Å². The van der Waals surface area contributed by atoms with Gasteiger partial charge in [0.2, 0.25) is 0 Å². The third-order valence-electron chi connectivity index (χ3n) is 2.99. The smallest absolute Gasteiger partial charge is 0.265 e. The number of hydrogen-bond donors (Lipinski definition) is 2. The Hall–Kier alpha value is -2.21. The summed E-state index contributed by atoms with van der Waals surface area (Å²) in [6.45, 7) is 0.666. The van der Waals surface area contributed by atoms with Crippen molar-refractivity contribution in [3.8, 4) is 5.75 Å². The minimum absolute atomic E-state index is 0.0741. The largest absolute Gasteiger partial charge is 0.497 e. The number of carbonyl (C=O) groups is 1. The van der Waals surface area contributed by atoms with E-state index in [0.29, 0.717) is 17.1 Å². The fourth-order valence-corrected chi connectivity index (χ4v) is 2.79. The van der Waals surface area contributed by atoms with Gasteiger partial charge >= 0.3 is 0 Å². The van der Waals surface area contributed by atoms with E-state index in [2.05, 4.69) is 5.32 Å². The number of thiophene rings is 1. The van der Waals surface area contributed by atoms with Crippen molar-refractivity contribution in [1.29, 1.82) is 0 Å². The van der Waals surface area contributed by atoms with Crippen LogP contribution in [-0.4, -0.2) is 32.0 Å². The number of rotatable bonds is 5. The van der Waals surface area contributed by atoms with Gasteiger partial charge in [0.25, 0.3) is 5.91 Å². The van der Waals surface area contributed by atoms with E-state index in [4.69, 9.17) is 10.5 Å². The number of anilines is 2. The summed E-state index contributed by atoms with van der Waals surface area (Å²) in [5.41, 5.74) is 7.53. The van der Waals surface area contributed by atoms with Gasteiger partial charge in [0.1, 0.15) is 10.6 Å². The highest BCUT2D eigenvalue weighted by Gasteiger charge is 2.15. The molecule has 0 saturated carbocycles. The Morgan fingerprint density at radius 3 is 2.57 bits per heavy atom. The number of ether oxygens (including phenoxy) is 1. The van der Waals surface area contributed by atoms with Crippen LogP contribution in [0.25, 0.3) is 0 Å². The third kappa shape index (κ3) is 3.66. The van der Waals surface area contributed by atoms with Crippen molar-refractivity contribution in [2.24, 2.45) is 0 Å². The van der Waals surface area contributed by atoms with Gasteiger partial charge in [0, 0.05) is 20.6 Å². The zero-order chi connectivity index (χ0) is 15.4. The summed E-state index contributed by atoms with van der Waals surface area (Å²) in [6.07, 6.45) is 0. The number of nitrogen functional groups attached to an aromatic ring is 1. The molecule has 0 aliphatic rings. The van der Waals surface area contributed by atoms with Gasteiger partial charge in [-0.3, -0.25) is 4.79 Å². The van der Waals surface area contributed by atoms with Gasteiger partial charge in [-0.05, 0) is 23.8 Å². The van der Waals surface area contributed by atoms with Crippen LogP contribution in [-0.2, 0) is 6.54 Å². The average Bonchev–Trinajstić information content (AvgIpc) is 2.85. The lowest BCUT2D eigenvalue weighted by molar-refractivity contribution is 0.0833. The highest BCUT2D eigenvalue weighted by Crippen LogP contribution is 2.30. The predicted octanol–water partition coefficient (Wildman–Crippen LogP) is 2.65. The van der Waals surface area contributed by atoms with Crippen molar-refractivity contribution in [3.05, 3.63) is 40.8 Å². The standard InChI is InChI=1S/C15H19N3O2S/c1-18(2)15(19)14-12(16)8-13(21-14)17-9-10-4-6-11(20-3)7-5-10/h4-8,17H,9,16H2,1-3H3. The van der Waals surface area contributed by atoms with E-state index in [9.17, 15) is 4.79 Å². The summed E-state index contributed by atoms with van der Waals surface area (Å²) in [5.74, 6) is 0.757. The maximum atomic E-state index is 11.9. The summed E-state index contributed by atoms with van der Waals surface area (Å²) < 4.78 is 5.12. The molecule has 0 bridgehead atoms. The molecule has 0 unspecified atom stereocenters. The molecule has 0 saturated heterocycles. The number of amides is 1. The van der Waals surface area contributed by atoms with Gasteiger partial charge in [-0.1, -0.05) is 12.1 Å². The molecule has 1 aromatic carbocycles. The topological polar surface area (TPSA) is 67.6 Å². The first-order valence-electron chi connectivity index (χ1n) is 6.49. The molecule has 1 aromatic heterocycles. The molecule has 0 spiro atoms. The average molecular weight is 305 g/mol. The van der Waals surface area contributed by atoms with Gasteiger partial charge in [0.15, 0.2) is 0 Å². The molecular weight excluding hydrogens is 286 g/mol. The van der Waals surface area contributed by atoms with Gasteiger partial charge in [0.05, 0.1) is 17.8 Å². The van der Waals surface area contributed by atoms with Crippen molar-refractivity contribution >= 4 is 27.9 Å². The van der Waals surface area contributed by atoms with Crippen LogP contribution in [0, 0.1) is 0 Å². The summed E-state index contributed by atoms with van der Waals surface area (Å²) >= 11 is 1.37. The van der Waals surface area contributed by atoms with E-state index in [1.165, 1.54) is 16.2 Å². The molecule has 112 valence electrons. The molecule has 1 amide bonds. The molecule has 0 atom stereocenters. The lowest BCUT2D eigenvalue weighted by Gasteiger charge is -2.08. The van der Waals surface area contributed by atoms with Crippen LogP contribution in [0.2, 0.25) is 0 Å². The van der Waals surface area contributed by atoms with Gasteiger partial charge in [-0.25, -0.2) is 0 Å². The third-order valence-corrected chi connectivity index (χ3v) is 4.08. The molecule has 5 nitrogen and oxygen atoms in total. The quantitative estimate of drug-likeness (QED) is 0.891. The Labute approximate surface area is 128 Å². The van der Waals surface area contributed by atoms with Crippen molar-refractivity contribution < 1.29 is 9.53 Å². The van der Waals surface area contributed by atoms with Crippen LogP contribution in [0.1, 0.15) is 15.2 Å². The maximum absolute atomic E-state index is 11.9. The summed E-state index contributed by atoms with van der Waals surface area (Å²) in [4.78, 5) is 14.0. The molecule has 0 radical (unpaired) electrons. The van der Waals surface area contributed by atoms with Crippen molar-refractivity contribution in [3.63, 3.8) is 0 Å². The molecule has 3 N–H and O–H groups in total. The lowest BCUT2D eigenvalue weighted by atomic mass is 10.2. The molecule has 0 aliphatic heterocycles. The molecule has 21 heavy (non-hydrogen) atoms. The second kappa shape index (κ2) is 6.49. The van der Waals surface area contributed by atoms with E-state index < -0.39 is 0 Å². The number of nitrogens with one attached hydrogen (secondary N) is 1. The Kier molecular flexibility index (Phi) is 4.70. The van der Waals surface area contributed by atoms with E-state index in [1.54, 1.807) is 27.3 Å². The minimum Gasteiger partial charge on any atom is -0.497 e. The normalized spacial score (nSPS) is 10.2. The number of benzene rings is 1. The summed E-state index contributed by atoms with van der Waals surface area (Å²) in [6, 6.07) is 9.62. The number of methoxy groups -OCH3 is 1. The maximum Gasteiger partial charge on any atom is 0.265 e. The van der Waals surface area contributed by atoms with Gasteiger partial charge < -0.3 is 20.7 Å². The predicted molar refractivity (Wildman–Crippen MR) is 87.1 cm³/mol. The number of carbonyl (C=O) groups excluding carboxylic acids is 1. The Morgan fingerprint density at radius 1 is 1.33 bits per heavy atom. The Morgan fingerprint density at radius 2 is 2.00 bits per heavy atom. The van der Waals surface area contributed by atoms with Gasteiger partial charge in [-0.2, -0.15) is 0 Å². The first-order chi connectivity index (χ1) is 10.0. The highest BCUT2D eigenvalue weighted by molar-refractivity contribution is 7.18. The number of nitrogens with zero attached hydrogens (tertiary/aromatic N) is 1. The molecule has 2 rings (SSSR count). The van der Waals surface area contributed by atoms with Crippen LogP contribution in [0.15, 0.2) is 30.3 Å². The van der Waals surface area contributed by atoms with Crippen LogP contribution < -0.4 is 15.8 Å². The highest BCUT2D eigenvalue weighted by atomic mass is 32.1. The molecule has 6 heteroatoms. The first-order valence-corrected chi connectivity index (χ1v) is 7.30. The van der Waals surface area contributed by atoms with Crippen molar-refractivity contribution in [2.45, 2.75) is 6.54 Å². The molecule has 0 aliphatic carbocycles. The Bertz CT molecular complexity index is 620. The SMILES string of the molecule is COc1ccc(CNc2cc(N)c(C(=O)N(C)C)s2)cc1. The Balaban J connectivity index is 2.03. The summed E-state index contributed by atoms with van der Waals surface area (Å²) in [7, 11) is 5.07. The monoisotopic (exact) mass is 305 g/mol. The summed E-state index contributed by atoms with van der Waals surface area (Å²) in [5, 5.41) is 4.16. The second-order valence-electron chi connectivity index (χ2n) is 4.80. The number of nitrogens with two attached hydrogens (primary N) is 1. The fourth-order valence-electron chi connectivity index (χ4n) is 1.80. The molecule has 1 heterocycles. The fraction of sp³-hybridized carbons (Fsp3) is 0.267. The molecular formula is C15H19N3O2S. The first kappa shape index (κ1) is 15.2. The van der Waals surface area contributed by atoms with E-state index >= 15 is 0 Å². The van der Waals surface area contributed by atoms with E-state index in [1.807, 2.05) is 24.3 Å². The number of hydrogen-bond acceptors (Lipinski definition) is 5. The van der Waals surface area contributed by atoms with E-state index in [-0.39, 0.29) is 5.91 Å². The molecule has 0 fully saturated rings.